The van der Waals surface area contributed by atoms with E-state index in [1.807, 2.05) is 12.4 Å². The van der Waals surface area contributed by atoms with Crippen molar-refractivity contribution in [1.82, 2.24) is 4.98 Å². The fourth-order valence-electron chi connectivity index (χ4n) is 3.15. The standard InChI is InChI=1S/C17H29N3/c1-3-8-19-16-11-17(13-18-12-16)20-9-7-15-6-4-5-14(2)10-15/h11-15,19-20H,3-10H2,1-2H3. The van der Waals surface area contributed by atoms with Gasteiger partial charge in [-0.15, -0.1) is 0 Å². The zero-order chi connectivity index (χ0) is 14.2. The molecule has 0 bridgehead atoms. The van der Waals surface area contributed by atoms with E-state index in [2.05, 4.69) is 35.5 Å². The van der Waals surface area contributed by atoms with Crippen LogP contribution in [0.3, 0.4) is 0 Å². The largest absolute Gasteiger partial charge is 0.384 e. The number of nitrogens with one attached hydrogen (secondary N) is 2. The van der Waals surface area contributed by atoms with Crippen molar-refractivity contribution in [2.45, 2.75) is 52.4 Å². The van der Waals surface area contributed by atoms with Crippen LogP contribution < -0.4 is 10.6 Å². The highest BCUT2D eigenvalue weighted by atomic mass is 14.9. The first kappa shape index (κ1) is 15.1. The highest BCUT2D eigenvalue weighted by Crippen LogP contribution is 2.30. The van der Waals surface area contributed by atoms with E-state index in [4.69, 9.17) is 0 Å². The van der Waals surface area contributed by atoms with Gasteiger partial charge in [0.2, 0.25) is 0 Å². The fraction of sp³-hybridized carbons (Fsp3) is 0.706. The Bertz CT molecular complexity index is 392. The molecule has 1 aromatic rings. The van der Waals surface area contributed by atoms with E-state index in [9.17, 15) is 0 Å². The molecule has 2 rings (SSSR count). The van der Waals surface area contributed by atoms with E-state index in [0.29, 0.717) is 0 Å². The molecule has 0 saturated heterocycles. The molecule has 1 fully saturated rings. The maximum absolute atomic E-state index is 4.29. The number of anilines is 2. The lowest BCUT2D eigenvalue weighted by molar-refractivity contribution is 0.274. The minimum absolute atomic E-state index is 0.917. The van der Waals surface area contributed by atoms with Gasteiger partial charge in [0.05, 0.1) is 23.8 Å². The second kappa shape index (κ2) is 8.13. The highest BCUT2D eigenvalue weighted by Gasteiger charge is 2.18. The molecule has 2 unspecified atom stereocenters. The summed E-state index contributed by atoms with van der Waals surface area (Å²) >= 11 is 0. The van der Waals surface area contributed by atoms with E-state index in [-0.39, 0.29) is 0 Å². The van der Waals surface area contributed by atoms with Crippen LogP contribution in [0.5, 0.6) is 0 Å². The second-order valence-electron chi connectivity index (χ2n) is 6.24. The predicted octanol–water partition coefficient (Wildman–Crippen LogP) is 4.53. The Morgan fingerprint density at radius 2 is 1.90 bits per heavy atom. The molecule has 1 heterocycles. The molecule has 1 aliphatic rings. The lowest BCUT2D eigenvalue weighted by atomic mass is 9.81. The Morgan fingerprint density at radius 1 is 1.15 bits per heavy atom. The smallest absolute Gasteiger partial charge is 0.0547 e. The van der Waals surface area contributed by atoms with Crippen LogP contribution in [0, 0.1) is 11.8 Å². The summed E-state index contributed by atoms with van der Waals surface area (Å²) in [6.45, 7) is 6.64. The Balaban J connectivity index is 1.73. The maximum Gasteiger partial charge on any atom is 0.0547 e. The van der Waals surface area contributed by atoms with E-state index >= 15 is 0 Å². The van der Waals surface area contributed by atoms with E-state index < -0.39 is 0 Å². The predicted molar refractivity (Wildman–Crippen MR) is 87.2 cm³/mol. The molecule has 3 nitrogen and oxygen atoms in total. The molecule has 1 aliphatic carbocycles. The second-order valence-corrected chi connectivity index (χ2v) is 6.24. The molecule has 20 heavy (non-hydrogen) atoms. The number of pyridine rings is 1. The quantitative estimate of drug-likeness (QED) is 0.767. The molecule has 0 aliphatic heterocycles. The summed E-state index contributed by atoms with van der Waals surface area (Å²) < 4.78 is 0. The Hall–Kier alpha value is -1.25. The zero-order valence-corrected chi connectivity index (χ0v) is 13.0. The Labute approximate surface area is 123 Å². The first-order valence-corrected chi connectivity index (χ1v) is 8.20. The van der Waals surface area contributed by atoms with E-state index in [1.54, 1.807) is 0 Å². The first-order valence-electron chi connectivity index (χ1n) is 8.20. The number of rotatable bonds is 7. The normalized spacial score (nSPS) is 22.5. The lowest BCUT2D eigenvalue weighted by Gasteiger charge is -2.26. The number of hydrogen-bond donors (Lipinski definition) is 2. The monoisotopic (exact) mass is 275 g/mol. The fourth-order valence-corrected chi connectivity index (χ4v) is 3.15. The molecule has 0 radical (unpaired) electrons. The number of nitrogens with zero attached hydrogens (tertiary/aromatic N) is 1. The molecule has 2 N–H and O–H groups in total. The van der Waals surface area contributed by atoms with Crippen LogP contribution >= 0.6 is 0 Å². The van der Waals surface area contributed by atoms with Crippen LogP contribution in [0.2, 0.25) is 0 Å². The van der Waals surface area contributed by atoms with Crippen LogP contribution in [0.25, 0.3) is 0 Å². The van der Waals surface area contributed by atoms with Crippen molar-refractivity contribution in [1.29, 1.82) is 0 Å². The van der Waals surface area contributed by atoms with Gasteiger partial charge in [0, 0.05) is 13.1 Å². The third kappa shape index (κ3) is 5.03. The molecule has 3 heteroatoms. The summed E-state index contributed by atoms with van der Waals surface area (Å²) in [5.41, 5.74) is 2.25. The van der Waals surface area contributed by atoms with Crippen LogP contribution in [-0.4, -0.2) is 18.1 Å². The molecule has 0 aromatic carbocycles. The SMILES string of the molecule is CCCNc1cncc(NCCC2CCCC(C)C2)c1. The molecule has 112 valence electrons. The third-order valence-corrected chi connectivity index (χ3v) is 4.24. The zero-order valence-electron chi connectivity index (χ0n) is 13.0. The van der Waals surface area contributed by atoms with Gasteiger partial charge in [0.1, 0.15) is 0 Å². The Kier molecular flexibility index (Phi) is 6.16. The Morgan fingerprint density at radius 3 is 2.60 bits per heavy atom. The van der Waals surface area contributed by atoms with Gasteiger partial charge in [-0.25, -0.2) is 0 Å². The molecule has 0 amide bonds. The van der Waals surface area contributed by atoms with Crippen molar-refractivity contribution in [2.75, 3.05) is 23.7 Å². The first-order chi connectivity index (χ1) is 9.78. The molecular formula is C17H29N3. The third-order valence-electron chi connectivity index (χ3n) is 4.24. The van der Waals surface area contributed by atoms with E-state index in [0.717, 1.165) is 42.7 Å². The van der Waals surface area contributed by atoms with Gasteiger partial charge in [-0.2, -0.15) is 0 Å². The highest BCUT2D eigenvalue weighted by molar-refractivity contribution is 5.53. The molecule has 0 spiro atoms. The lowest BCUT2D eigenvalue weighted by Crippen LogP contribution is -2.16. The number of aromatic nitrogens is 1. The summed E-state index contributed by atoms with van der Waals surface area (Å²) in [5.74, 6) is 1.84. The van der Waals surface area contributed by atoms with Gasteiger partial charge in [0.15, 0.2) is 0 Å². The maximum atomic E-state index is 4.29. The molecule has 2 atom stereocenters. The minimum Gasteiger partial charge on any atom is -0.384 e. The van der Waals surface area contributed by atoms with Crippen molar-refractivity contribution >= 4 is 11.4 Å². The van der Waals surface area contributed by atoms with Crippen LogP contribution in [-0.2, 0) is 0 Å². The minimum atomic E-state index is 0.917. The van der Waals surface area contributed by atoms with Crippen molar-refractivity contribution in [3.8, 4) is 0 Å². The van der Waals surface area contributed by atoms with Gasteiger partial charge in [-0.05, 0) is 37.2 Å². The topological polar surface area (TPSA) is 37.0 Å². The molecule has 1 aromatic heterocycles. The van der Waals surface area contributed by atoms with Crippen molar-refractivity contribution in [3.05, 3.63) is 18.5 Å². The summed E-state index contributed by atoms with van der Waals surface area (Å²) in [6.07, 6.45) is 11.9. The van der Waals surface area contributed by atoms with Gasteiger partial charge < -0.3 is 10.6 Å². The van der Waals surface area contributed by atoms with Crippen molar-refractivity contribution in [3.63, 3.8) is 0 Å². The van der Waals surface area contributed by atoms with Crippen molar-refractivity contribution in [2.24, 2.45) is 11.8 Å². The van der Waals surface area contributed by atoms with Gasteiger partial charge >= 0.3 is 0 Å². The summed E-state index contributed by atoms with van der Waals surface area (Å²) in [5, 5.41) is 6.90. The average molecular weight is 275 g/mol. The van der Waals surface area contributed by atoms with Crippen molar-refractivity contribution < 1.29 is 0 Å². The van der Waals surface area contributed by atoms with Gasteiger partial charge in [-0.1, -0.05) is 33.1 Å². The average Bonchev–Trinajstić information content (AvgIpc) is 2.46. The summed E-state index contributed by atoms with van der Waals surface area (Å²) in [7, 11) is 0. The van der Waals surface area contributed by atoms with Gasteiger partial charge in [-0.3, -0.25) is 4.98 Å². The number of hydrogen-bond acceptors (Lipinski definition) is 3. The van der Waals surface area contributed by atoms with E-state index in [1.165, 1.54) is 32.1 Å². The summed E-state index contributed by atoms with van der Waals surface area (Å²) in [6, 6.07) is 2.16. The van der Waals surface area contributed by atoms with Crippen LogP contribution in [0.1, 0.15) is 52.4 Å². The molecular weight excluding hydrogens is 246 g/mol. The van der Waals surface area contributed by atoms with Gasteiger partial charge in [0.25, 0.3) is 0 Å². The van der Waals surface area contributed by atoms with Crippen LogP contribution in [0.4, 0.5) is 11.4 Å². The molecule has 1 saturated carbocycles. The van der Waals surface area contributed by atoms with Crippen LogP contribution in [0.15, 0.2) is 18.5 Å². The summed E-state index contributed by atoms with van der Waals surface area (Å²) in [4.78, 5) is 4.29.